The molecule has 0 bridgehead atoms. The van der Waals surface area contributed by atoms with Gasteiger partial charge in [0.25, 0.3) is 0 Å². The van der Waals surface area contributed by atoms with Crippen molar-refractivity contribution in [2.45, 2.75) is 13.0 Å². The fraction of sp³-hybridized carbons (Fsp3) is 0.167. The van der Waals surface area contributed by atoms with E-state index in [0.29, 0.717) is 0 Å². The molecule has 1 heteroatoms. The summed E-state index contributed by atoms with van der Waals surface area (Å²) in [6.45, 7) is 5.74. The van der Waals surface area contributed by atoms with Gasteiger partial charge in [-0.2, -0.15) is 0 Å². The summed E-state index contributed by atoms with van der Waals surface area (Å²) in [6.07, 6.45) is 3.85. The summed E-state index contributed by atoms with van der Waals surface area (Å²) in [4.78, 5) is 0. The number of allylic oxidation sites excluding steroid dienone is 1. The molecule has 1 atom stereocenters. The van der Waals surface area contributed by atoms with E-state index in [4.69, 9.17) is 4.74 Å². The minimum absolute atomic E-state index is 0.0300. The predicted molar refractivity (Wildman–Crippen MR) is 54.1 cm³/mol. The maximum atomic E-state index is 5.67. The lowest BCUT2D eigenvalue weighted by atomic mass is 10.0. The summed E-state index contributed by atoms with van der Waals surface area (Å²) in [7, 11) is 0. The zero-order valence-electron chi connectivity index (χ0n) is 7.66. The highest BCUT2D eigenvalue weighted by molar-refractivity contribution is 5.67. The molecule has 0 saturated heterocycles. The zero-order chi connectivity index (χ0) is 9.26. The zero-order valence-corrected chi connectivity index (χ0v) is 7.66. The van der Waals surface area contributed by atoms with Crippen LogP contribution in [0, 0.1) is 0 Å². The highest BCUT2D eigenvalue weighted by Gasteiger charge is 2.23. The Labute approximate surface area is 78.3 Å². The van der Waals surface area contributed by atoms with Crippen molar-refractivity contribution in [3.8, 4) is 0 Å². The van der Waals surface area contributed by atoms with E-state index < -0.39 is 0 Å². The third-order valence-electron chi connectivity index (χ3n) is 2.26. The minimum atomic E-state index is 0.0300. The molecule has 0 saturated carbocycles. The molecule has 13 heavy (non-hydrogen) atoms. The van der Waals surface area contributed by atoms with Crippen LogP contribution in [0.3, 0.4) is 0 Å². The topological polar surface area (TPSA) is 9.23 Å². The first kappa shape index (κ1) is 8.11. The first-order chi connectivity index (χ1) is 6.36. The summed E-state index contributed by atoms with van der Waals surface area (Å²) in [5.41, 5.74) is 2.40. The van der Waals surface area contributed by atoms with E-state index >= 15 is 0 Å². The number of hydrogen-bond donors (Lipinski definition) is 0. The smallest absolute Gasteiger partial charge is 0.142 e. The van der Waals surface area contributed by atoms with E-state index in [1.807, 2.05) is 31.2 Å². The number of fused-ring (bicyclic) bond motifs is 1. The van der Waals surface area contributed by atoms with Gasteiger partial charge in [-0.15, -0.1) is 0 Å². The first-order valence-corrected chi connectivity index (χ1v) is 4.41. The molecule has 66 valence electrons. The average Bonchev–Trinajstić information content (AvgIpc) is 2.56. The Balaban J connectivity index is 2.56. The van der Waals surface area contributed by atoms with Crippen LogP contribution in [0.1, 0.15) is 24.2 Å². The monoisotopic (exact) mass is 172 g/mol. The molecule has 0 aromatic heterocycles. The molecule has 0 spiro atoms. The second-order valence-electron chi connectivity index (χ2n) is 3.01. The fourth-order valence-corrected chi connectivity index (χ4v) is 1.63. The molecule has 1 nitrogen and oxygen atoms in total. The molecule has 1 aromatic carbocycles. The third kappa shape index (κ3) is 1.17. The second kappa shape index (κ2) is 3.09. The van der Waals surface area contributed by atoms with Gasteiger partial charge < -0.3 is 4.74 Å². The maximum Gasteiger partial charge on any atom is 0.142 e. The van der Waals surface area contributed by atoms with Crippen LogP contribution in [0.5, 0.6) is 0 Å². The lowest BCUT2D eigenvalue weighted by Gasteiger charge is -2.04. The molecule has 2 rings (SSSR count). The van der Waals surface area contributed by atoms with Crippen molar-refractivity contribution >= 4 is 5.76 Å². The van der Waals surface area contributed by atoms with Gasteiger partial charge in [-0.05, 0) is 19.1 Å². The van der Waals surface area contributed by atoms with E-state index in [1.165, 1.54) is 11.1 Å². The Morgan fingerprint density at radius 3 is 2.85 bits per heavy atom. The molecule has 1 unspecified atom stereocenters. The largest absolute Gasteiger partial charge is 0.481 e. The van der Waals surface area contributed by atoms with E-state index in [2.05, 4.69) is 18.7 Å². The third-order valence-corrected chi connectivity index (χ3v) is 2.26. The van der Waals surface area contributed by atoms with Gasteiger partial charge in [0.2, 0.25) is 0 Å². The molecule has 1 aliphatic heterocycles. The first-order valence-electron chi connectivity index (χ1n) is 4.41. The van der Waals surface area contributed by atoms with Gasteiger partial charge in [0.05, 0.1) is 0 Å². The summed E-state index contributed by atoms with van der Waals surface area (Å²) in [5, 5.41) is 0. The van der Waals surface area contributed by atoms with Crippen molar-refractivity contribution in [1.82, 2.24) is 0 Å². The normalized spacial score (nSPS) is 22.5. The molecule has 1 aromatic rings. The van der Waals surface area contributed by atoms with Gasteiger partial charge >= 0.3 is 0 Å². The lowest BCUT2D eigenvalue weighted by Crippen LogP contribution is -1.88. The number of benzene rings is 1. The van der Waals surface area contributed by atoms with Crippen molar-refractivity contribution in [2.75, 3.05) is 0 Å². The molecule has 0 fully saturated rings. The highest BCUT2D eigenvalue weighted by atomic mass is 16.5. The van der Waals surface area contributed by atoms with Gasteiger partial charge in [0.15, 0.2) is 0 Å². The molecule has 0 amide bonds. The minimum Gasteiger partial charge on any atom is -0.481 e. The maximum absolute atomic E-state index is 5.67. The molecule has 1 aliphatic rings. The number of hydrogen-bond acceptors (Lipinski definition) is 1. The van der Waals surface area contributed by atoms with Crippen LogP contribution in [0.2, 0.25) is 0 Å². The number of ether oxygens (including phenoxy) is 1. The molecule has 0 N–H and O–H groups in total. The van der Waals surface area contributed by atoms with Gasteiger partial charge in [-0.25, -0.2) is 0 Å². The van der Waals surface area contributed by atoms with Crippen LogP contribution < -0.4 is 0 Å². The highest BCUT2D eigenvalue weighted by Crippen LogP contribution is 2.38. The second-order valence-corrected chi connectivity index (χ2v) is 3.01. The average molecular weight is 172 g/mol. The molecule has 1 heterocycles. The predicted octanol–water partition coefficient (Wildman–Crippen LogP) is 3.30. The van der Waals surface area contributed by atoms with Crippen molar-refractivity contribution in [3.05, 3.63) is 54.1 Å². The Kier molecular flexibility index (Phi) is 1.93. The Morgan fingerprint density at radius 1 is 1.38 bits per heavy atom. The van der Waals surface area contributed by atoms with Crippen LogP contribution in [0.4, 0.5) is 0 Å². The van der Waals surface area contributed by atoms with E-state index in [9.17, 15) is 0 Å². The molecular weight excluding hydrogens is 160 g/mol. The van der Waals surface area contributed by atoms with Crippen molar-refractivity contribution in [3.63, 3.8) is 0 Å². The summed E-state index contributed by atoms with van der Waals surface area (Å²) in [5.74, 6) is 0.959. The SMILES string of the molecule is C=CC1O/C(=C\C)c2ccccc21. The van der Waals surface area contributed by atoms with Crippen molar-refractivity contribution in [2.24, 2.45) is 0 Å². The van der Waals surface area contributed by atoms with Crippen molar-refractivity contribution < 1.29 is 4.74 Å². The Morgan fingerprint density at radius 2 is 2.15 bits per heavy atom. The lowest BCUT2D eigenvalue weighted by molar-refractivity contribution is 0.236. The Hall–Kier alpha value is -1.50. The van der Waals surface area contributed by atoms with E-state index in [0.717, 1.165) is 5.76 Å². The summed E-state index contributed by atoms with van der Waals surface area (Å²) < 4.78 is 5.67. The quantitative estimate of drug-likeness (QED) is 0.590. The number of rotatable bonds is 1. The summed E-state index contributed by atoms with van der Waals surface area (Å²) in [6, 6.07) is 8.21. The van der Waals surface area contributed by atoms with Gasteiger partial charge in [0.1, 0.15) is 11.9 Å². The standard InChI is InChI=1S/C12H12O/c1-3-11-9-7-5-6-8-10(9)12(4-2)13-11/h3-8,11H,1H2,2H3/b12-4-. The molecule has 0 aliphatic carbocycles. The van der Waals surface area contributed by atoms with Crippen LogP contribution in [0.15, 0.2) is 43.0 Å². The van der Waals surface area contributed by atoms with Crippen LogP contribution in [0.25, 0.3) is 5.76 Å². The van der Waals surface area contributed by atoms with Gasteiger partial charge in [0, 0.05) is 11.1 Å². The molecule has 0 radical (unpaired) electrons. The molecular formula is C12H12O. The van der Waals surface area contributed by atoms with Gasteiger partial charge in [-0.1, -0.05) is 30.8 Å². The van der Waals surface area contributed by atoms with Gasteiger partial charge in [-0.3, -0.25) is 0 Å². The van der Waals surface area contributed by atoms with Crippen LogP contribution >= 0.6 is 0 Å². The summed E-state index contributed by atoms with van der Waals surface area (Å²) >= 11 is 0. The van der Waals surface area contributed by atoms with Crippen LogP contribution in [-0.2, 0) is 4.74 Å². The van der Waals surface area contributed by atoms with E-state index in [1.54, 1.807) is 0 Å². The van der Waals surface area contributed by atoms with E-state index in [-0.39, 0.29) is 6.10 Å². The fourth-order valence-electron chi connectivity index (χ4n) is 1.63. The van der Waals surface area contributed by atoms with Crippen LogP contribution in [-0.4, -0.2) is 0 Å². The Bertz CT molecular complexity index is 363. The van der Waals surface area contributed by atoms with Crippen molar-refractivity contribution in [1.29, 1.82) is 0 Å².